The highest BCUT2D eigenvalue weighted by atomic mass is 14.0. The molecule has 2 rings (SSSR count). The van der Waals surface area contributed by atoms with E-state index in [9.17, 15) is 0 Å². The first-order valence-electron chi connectivity index (χ1n) is 5.88. The van der Waals surface area contributed by atoms with Gasteiger partial charge in [0.1, 0.15) is 0 Å². The van der Waals surface area contributed by atoms with Gasteiger partial charge in [-0.1, -0.05) is 43.4 Å². The summed E-state index contributed by atoms with van der Waals surface area (Å²) in [6.07, 6.45) is 11.3. The van der Waals surface area contributed by atoms with Crippen molar-refractivity contribution in [3.05, 3.63) is 48.2 Å². The SMILES string of the molecule is CC(C)(B1C=CCC=C1)B1C=CCC=C1. The largest absolute Gasteiger partial charge is 0.190 e. The molecule has 0 saturated carbocycles. The molecule has 0 fully saturated rings. The fourth-order valence-corrected chi connectivity index (χ4v) is 2.40. The van der Waals surface area contributed by atoms with E-state index >= 15 is 0 Å². The Kier molecular flexibility index (Phi) is 3.04. The first-order chi connectivity index (χ1) is 7.21. The van der Waals surface area contributed by atoms with E-state index in [2.05, 4.69) is 62.1 Å². The molecule has 0 atom stereocenters. The molecule has 0 aromatic heterocycles. The Morgan fingerprint density at radius 2 is 1.07 bits per heavy atom. The first kappa shape index (κ1) is 10.6. The highest BCUT2D eigenvalue weighted by molar-refractivity contribution is 6.91. The van der Waals surface area contributed by atoms with Crippen LogP contribution in [0, 0.1) is 0 Å². The molecule has 76 valence electrons. The van der Waals surface area contributed by atoms with E-state index in [0.717, 1.165) is 12.8 Å². The van der Waals surface area contributed by atoms with Crippen molar-refractivity contribution in [1.82, 2.24) is 0 Å². The van der Waals surface area contributed by atoms with Crippen molar-refractivity contribution in [2.75, 3.05) is 0 Å². The van der Waals surface area contributed by atoms with E-state index in [4.69, 9.17) is 0 Å². The van der Waals surface area contributed by atoms with Crippen LogP contribution in [0.2, 0.25) is 5.21 Å². The van der Waals surface area contributed by atoms with Crippen LogP contribution in [0.4, 0.5) is 0 Å². The maximum atomic E-state index is 2.36. The van der Waals surface area contributed by atoms with Crippen LogP contribution < -0.4 is 0 Å². The fourth-order valence-electron chi connectivity index (χ4n) is 2.40. The molecule has 0 saturated heterocycles. The van der Waals surface area contributed by atoms with Gasteiger partial charge in [-0.2, -0.15) is 0 Å². The Hall–Kier alpha value is -0.910. The fraction of sp³-hybridized carbons (Fsp3) is 0.385. The lowest BCUT2D eigenvalue weighted by molar-refractivity contribution is 0.921. The van der Waals surface area contributed by atoms with Gasteiger partial charge < -0.3 is 0 Å². The second kappa shape index (κ2) is 4.30. The zero-order chi connectivity index (χ0) is 10.7. The molecule has 2 heteroatoms. The van der Waals surface area contributed by atoms with Crippen molar-refractivity contribution in [3.8, 4) is 0 Å². The minimum Gasteiger partial charge on any atom is -0.114 e. The van der Waals surface area contributed by atoms with Crippen molar-refractivity contribution in [2.24, 2.45) is 0 Å². The number of hydrogen-bond acceptors (Lipinski definition) is 0. The van der Waals surface area contributed by atoms with Crippen molar-refractivity contribution in [3.63, 3.8) is 0 Å². The molecule has 0 unspecified atom stereocenters. The average molecular weight is 196 g/mol. The first-order valence-corrected chi connectivity index (χ1v) is 5.88. The van der Waals surface area contributed by atoms with Crippen LogP contribution in [0.25, 0.3) is 0 Å². The Bertz CT molecular complexity index is 278. The Labute approximate surface area is 94.0 Å². The van der Waals surface area contributed by atoms with E-state index in [-0.39, 0.29) is 0 Å². The monoisotopic (exact) mass is 196 g/mol. The maximum absolute atomic E-state index is 2.36. The summed E-state index contributed by atoms with van der Waals surface area (Å²) >= 11 is 0. The lowest BCUT2D eigenvalue weighted by atomic mass is 9.14. The molecular weight excluding hydrogens is 178 g/mol. The molecule has 0 aromatic rings. The van der Waals surface area contributed by atoms with Gasteiger partial charge in [0.15, 0.2) is 13.4 Å². The van der Waals surface area contributed by atoms with Crippen LogP contribution in [-0.4, -0.2) is 13.4 Å². The van der Waals surface area contributed by atoms with Gasteiger partial charge in [-0.15, -0.1) is 23.9 Å². The molecule has 0 aromatic carbocycles. The highest BCUT2D eigenvalue weighted by Crippen LogP contribution is 2.36. The lowest BCUT2D eigenvalue weighted by Crippen LogP contribution is -2.38. The normalized spacial score (nSPS) is 20.1. The zero-order valence-electron chi connectivity index (χ0n) is 9.69. The van der Waals surface area contributed by atoms with Crippen molar-refractivity contribution >= 4 is 13.4 Å². The van der Waals surface area contributed by atoms with Gasteiger partial charge in [0, 0.05) is 0 Å². The number of hydrogen-bond donors (Lipinski definition) is 0. The summed E-state index contributed by atoms with van der Waals surface area (Å²) in [7, 11) is 0. The third kappa shape index (κ3) is 2.19. The third-order valence-electron chi connectivity index (χ3n) is 3.64. The second-order valence-electron chi connectivity index (χ2n) is 5.06. The molecule has 2 heterocycles. The summed E-state index contributed by atoms with van der Waals surface area (Å²) in [5.74, 6) is 9.43. The molecular formula is C13H18B2. The smallest absolute Gasteiger partial charge is 0.114 e. The van der Waals surface area contributed by atoms with Gasteiger partial charge in [-0.05, 0) is 12.8 Å². The summed E-state index contributed by atoms with van der Waals surface area (Å²) in [5, 5.41) is 0.292. The zero-order valence-corrected chi connectivity index (χ0v) is 9.69. The molecule has 15 heavy (non-hydrogen) atoms. The molecule has 0 bridgehead atoms. The van der Waals surface area contributed by atoms with Gasteiger partial charge in [-0.3, -0.25) is 0 Å². The number of rotatable bonds is 2. The topological polar surface area (TPSA) is 0 Å². The Morgan fingerprint density at radius 3 is 1.40 bits per heavy atom. The van der Waals surface area contributed by atoms with Crippen molar-refractivity contribution in [2.45, 2.75) is 31.9 Å². The summed E-state index contributed by atoms with van der Waals surface area (Å²) in [5.41, 5.74) is 0. The van der Waals surface area contributed by atoms with Gasteiger partial charge in [0.05, 0.1) is 0 Å². The van der Waals surface area contributed by atoms with E-state index in [1.165, 1.54) is 0 Å². The standard InChI is InChI=1S/C13H18B2/c1-13(2,14-9-5-3-6-10-14)15-11-7-4-8-12-15/h5-12H,3-4H2,1-2H3. The second-order valence-corrected chi connectivity index (χ2v) is 5.06. The van der Waals surface area contributed by atoms with E-state index < -0.39 is 0 Å². The quantitative estimate of drug-likeness (QED) is 0.593. The molecule has 2 aliphatic rings. The average Bonchev–Trinajstić information content (AvgIpc) is 2.31. The van der Waals surface area contributed by atoms with Gasteiger partial charge in [0.2, 0.25) is 0 Å². The summed E-state index contributed by atoms with van der Waals surface area (Å²) in [4.78, 5) is 0. The van der Waals surface area contributed by atoms with Gasteiger partial charge in [0.25, 0.3) is 0 Å². The van der Waals surface area contributed by atoms with Crippen LogP contribution in [0.5, 0.6) is 0 Å². The van der Waals surface area contributed by atoms with Crippen LogP contribution >= 0.6 is 0 Å². The molecule has 0 radical (unpaired) electrons. The van der Waals surface area contributed by atoms with E-state index in [1.807, 2.05) is 0 Å². The highest BCUT2D eigenvalue weighted by Gasteiger charge is 2.37. The lowest BCUT2D eigenvalue weighted by Gasteiger charge is -2.33. The Balaban J connectivity index is 2.17. The van der Waals surface area contributed by atoms with Crippen LogP contribution in [0.1, 0.15) is 26.7 Å². The molecule has 0 nitrogen and oxygen atoms in total. The minimum absolute atomic E-state index is 0.292. The van der Waals surface area contributed by atoms with E-state index in [0.29, 0.717) is 18.6 Å². The molecule has 0 aliphatic carbocycles. The predicted octanol–water partition coefficient (Wildman–Crippen LogP) is 3.48. The number of allylic oxidation sites excluding steroid dienone is 4. The summed E-state index contributed by atoms with van der Waals surface area (Å²) in [6.45, 7) is 5.87. The van der Waals surface area contributed by atoms with Crippen molar-refractivity contribution in [1.29, 1.82) is 0 Å². The van der Waals surface area contributed by atoms with Crippen LogP contribution in [0.3, 0.4) is 0 Å². The summed E-state index contributed by atoms with van der Waals surface area (Å²) < 4.78 is 0. The van der Waals surface area contributed by atoms with Crippen LogP contribution in [0.15, 0.2) is 48.2 Å². The molecule has 0 amide bonds. The minimum atomic E-state index is 0.292. The maximum Gasteiger partial charge on any atom is 0.190 e. The molecule has 0 spiro atoms. The molecule has 0 N–H and O–H groups in total. The summed E-state index contributed by atoms with van der Waals surface area (Å²) in [6, 6.07) is 0. The third-order valence-corrected chi connectivity index (χ3v) is 3.64. The molecule has 2 aliphatic heterocycles. The van der Waals surface area contributed by atoms with Crippen LogP contribution in [-0.2, 0) is 0 Å². The Morgan fingerprint density at radius 1 is 0.733 bits per heavy atom. The van der Waals surface area contributed by atoms with Gasteiger partial charge in [-0.25, -0.2) is 0 Å². The van der Waals surface area contributed by atoms with E-state index in [1.54, 1.807) is 0 Å². The van der Waals surface area contributed by atoms with Gasteiger partial charge >= 0.3 is 0 Å². The van der Waals surface area contributed by atoms with Crippen molar-refractivity contribution < 1.29 is 0 Å². The predicted molar refractivity (Wildman–Crippen MR) is 71.3 cm³/mol.